The Kier molecular flexibility index (Phi) is 5.42. The quantitative estimate of drug-likeness (QED) is 0.231. The summed E-state index contributed by atoms with van der Waals surface area (Å²) in [5, 5.41) is 4.73. The van der Waals surface area contributed by atoms with Gasteiger partial charge >= 0.3 is 0 Å². The number of benzene rings is 6. The zero-order valence-electron chi connectivity index (χ0n) is 22.1. The summed E-state index contributed by atoms with van der Waals surface area (Å²) >= 11 is 0. The molecule has 6 aromatic carbocycles. The number of nitrogens with zero attached hydrogens (tertiary/aromatic N) is 4. The van der Waals surface area contributed by atoms with Crippen LogP contribution in [0, 0.1) is 0 Å². The van der Waals surface area contributed by atoms with Gasteiger partial charge in [0.25, 0.3) is 0 Å². The lowest BCUT2D eigenvalue weighted by molar-refractivity contribution is 1.07. The normalized spacial score (nSPS) is 11.4. The Balaban J connectivity index is 1.48. The molecule has 0 aliphatic carbocycles. The Morgan fingerprint density at radius 3 is 1.39 bits per heavy atom. The van der Waals surface area contributed by atoms with Crippen LogP contribution >= 0.6 is 0 Å². The van der Waals surface area contributed by atoms with Crippen LogP contribution in [0.2, 0.25) is 0 Å². The number of fused-ring (bicyclic) bond motifs is 4. The van der Waals surface area contributed by atoms with Crippen LogP contribution in [0.15, 0.2) is 146 Å². The fraction of sp³-hybridized carbons (Fsp3) is 0. The minimum atomic E-state index is 0.639. The van der Waals surface area contributed by atoms with Gasteiger partial charge in [-0.25, -0.2) is 15.0 Å². The third-order valence-corrected chi connectivity index (χ3v) is 7.63. The van der Waals surface area contributed by atoms with Gasteiger partial charge in [0.05, 0.1) is 16.7 Å². The smallest absolute Gasteiger partial charge is 0.166 e. The van der Waals surface area contributed by atoms with Gasteiger partial charge in [0.15, 0.2) is 17.5 Å². The summed E-state index contributed by atoms with van der Waals surface area (Å²) in [6, 6.07) is 50.4. The molecule has 0 unspecified atom stereocenters. The minimum absolute atomic E-state index is 0.639. The number of hydrogen-bond acceptors (Lipinski definition) is 3. The molecule has 0 bridgehead atoms. The Bertz CT molecular complexity index is 2090. The van der Waals surface area contributed by atoms with Gasteiger partial charge in [-0.3, -0.25) is 0 Å². The standard InChI is InChI=1S/C37H24N4/c1-3-13-25(14-4-1)35-38-36(26-15-5-2-6-16-26)40-37(39-35)31-23-27-17-7-8-18-28(27)24-34(31)41-32-21-11-9-19-29(32)30-20-10-12-22-33(30)41/h1-24H. The summed E-state index contributed by atoms with van der Waals surface area (Å²) in [7, 11) is 0. The molecule has 41 heavy (non-hydrogen) atoms. The van der Waals surface area contributed by atoms with Gasteiger partial charge in [-0.15, -0.1) is 0 Å². The largest absolute Gasteiger partial charge is 0.308 e. The zero-order valence-corrected chi connectivity index (χ0v) is 22.1. The Morgan fingerprint density at radius 1 is 0.390 bits per heavy atom. The molecule has 0 radical (unpaired) electrons. The highest BCUT2D eigenvalue weighted by atomic mass is 15.1. The zero-order chi connectivity index (χ0) is 27.2. The molecule has 0 fully saturated rings. The summed E-state index contributed by atoms with van der Waals surface area (Å²) < 4.78 is 2.35. The molecule has 192 valence electrons. The summed E-state index contributed by atoms with van der Waals surface area (Å²) in [6.07, 6.45) is 0. The van der Waals surface area contributed by atoms with Gasteiger partial charge in [0.2, 0.25) is 0 Å². The van der Waals surface area contributed by atoms with Crippen LogP contribution in [-0.4, -0.2) is 19.5 Å². The van der Waals surface area contributed by atoms with Crippen molar-refractivity contribution in [3.63, 3.8) is 0 Å². The van der Waals surface area contributed by atoms with Gasteiger partial charge in [-0.05, 0) is 35.0 Å². The topological polar surface area (TPSA) is 43.6 Å². The van der Waals surface area contributed by atoms with Crippen molar-refractivity contribution < 1.29 is 0 Å². The molecular weight excluding hydrogens is 500 g/mol. The van der Waals surface area contributed by atoms with Crippen molar-refractivity contribution in [2.75, 3.05) is 0 Å². The van der Waals surface area contributed by atoms with Crippen molar-refractivity contribution in [1.82, 2.24) is 19.5 Å². The average molecular weight is 525 g/mol. The number of aromatic nitrogens is 4. The molecule has 4 nitrogen and oxygen atoms in total. The lowest BCUT2D eigenvalue weighted by Gasteiger charge is -2.16. The molecule has 0 saturated carbocycles. The van der Waals surface area contributed by atoms with Gasteiger partial charge in [-0.1, -0.05) is 121 Å². The van der Waals surface area contributed by atoms with E-state index >= 15 is 0 Å². The van der Waals surface area contributed by atoms with E-state index in [1.54, 1.807) is 0 Å². The van der Waals surface area contributed by atoms with Crippen LogP contribution in [0.4, 0.5) is 0 Å². The fourth-order valence-corrected chi connectivity index (χ4v) is 5.70. The Morgan fingerprint density at radius 2 is 0.829 bits per heavy atom. The van der Waals surface area contributed by atoms with Crippen molar-refractivity contribution >= 4 is 32.6 Å². The maximum atomic E-state index is 5.10. The molecule has 8 rings (SSSR count). The average Bonchev–Trinajstić information content (AvgIpc) is 3.39. The molecule has 0 amide bonds. The Labute approximate surface area is 237 Å². The van der Waals surface area contributed by atoms with Crippen LogP contribution in [0.1, 0.15) is 0 Å². The molecule has 8 aromatic rings. The third kappa shape index (κ3) is 3.97. The first-order valence-corrected chi connectivity index (χ1v) is 13.7. The van der Waals surface area contributed by atoms with Gasteiger partial charge < -0.3 is 4.57 Å². The van der Waals surface area contributed by atoms with E-state index in [4.69, 9.17) is 15.0 Å². The van der Waals surface area contributed by atoms with E-state index in [1.165, 1.54) is 10.8 Å². The van der Waals surface area contributed by atoms with Crippen LogP contribution in [0.5, 0.6) is 0 Å². The highest BCUT2D eigenvalue weighted by Crippen LogP contribution is 2.38. The van der Waals surface area contributed by atoms with Crippen LogP contribution in [-0.2, 0) is 0 Å². The molecule has 0 aliphatic rings. The molecule has 0 N–H and O–H groups in total. The summed E-state index contributed by atoms with van der Waals surface area (Å²) in [4.78, 5) is 15.1. The van der Waals surface area contributed by atoms with E-state index in [0.29, 0.717) is 17.5 Å². The minimum Gasteiger partial charge on any atom is -0.308 e. The van der Waals surface area contributed by atoms with Crippen molar-refractivity contribution in [3.05, 3.63) is 146 Å². The third-order valence-electron chi connectivity index (χ3n) is 7.63. The molecule has 0 atom stereocenters. The van der Waals surface area contributed by atoms with Gasteiger partial charge in [0, 0.05) is 27.5 Å². The number of rotatable bonds is 4. The molecule has 4 heteroatoms. The maximum absolute atomic E-state index is 5.10. The summed E-state index contributed by atoms with van der Waals surface area (Å²) in [5.74, 6) is 1.94. The molecule has 2 aromatic heterocycles. The highest BCUT2D eigenvalue weighted by Gasteiger charge is 2.20. The van der Waals surface area contributed by atoms with Crippen LogP contribution in [0.3, 0.4) is 0 Å². The first-order chi connectivity index (χ1) is 20.3. The first-order valence-electron chi connectivity index (χ1n) is 13.7. The molecule has 0 saturated heterocycles. The molecule has 0 spiro atoms. The highest BCUT2D eigenvalue weighted by molar-refractivity contribution is 6.10. The lowest BCUT2D eigenvalue weighted by atomic mass is 10.0. The van der Waals surface area contributed by atoms with E-state index in [1.807, 2.05) is 60.7 Å². The number of para-hydroxylation sites is 2. The molecule has 2 heterocycles. The van der Waals surface area contributed by atoms with E-state index in [0.717, 1.165) is 44.2 Å². The van der Waals surface area contributed by atoms with Crippen molar-refractivity contribution in [1.29, 1.82) is 0 Å². The van der Waals surface area contributed by atoms with E-state index < -0.39 is 0 Å². The summed E-state index contributed by atoms with van der Waals surface area (Å²) in [6.45, 7) is 0. The number of hydrogen-bond donors (Lipinski definition) is 0. The van der Waals surface area contributed by atoms with E-state index in [9.17, 15) is 0 Å². The molecule has 0 aliphatic heterocycles. The van der Waals surface area contributed by atoms with Gasteiger partial charge in [0.1, 0.15) is 0 Å². The van der Waals surface area contributed by atoms with E-state index in [2.05, 4.69) is 89.5 Å². The van der Waals surface area contributed by atoms with Crippen molar-refractivity contribution in [3.8, 4) is 39.9 Å². The fourth-order valence-electron chi connectivity index (χ4n) is 5.70. The SMILES string of the molecule is c1ccc(-c2nc(-c3ccccc3)nc(-c3cc4ccccc4cc3-n3c4ccccc4c4ccccc43)n2)cc1. The second-order valence-corrected chi connectivity index (χ2v) is 10.1. The second-order valence-electron chi connectivity index (χ2n) is 10.1. The maximum Gasteiger partial charge on any atom is 0.166 e. The van der Waals surface area contributed by atoms with Gasteiger partial charge in [-0.2, -0.15) is 0 Å². The first kappa shape index (κ1) is 23.3. The Hall–Kier alpha value is -5.61. The monoisotopic (exact) mass is 524 g/mol. The van der Waals surface area contributed by atoms with Crippen LogP contribution < -0.4 is 0 Å². The summed E-state index contributed by atoms with van der Waals surface area (Å²) in [5.41, 5.74) is 6.18. The second kappa shape index (κ2) is 9.54. The van der Waals surface area contributed by atoms with Crippen LogP contribution in [0.25, 0.3) is 72.4 Å². The predicted octanol–water partition coefficient (Wildman–Crippen LogP) is 9.12. The van der Waals surface area contributed by atoms with E-state index in [-0.39, 0.29) is 0 Å². The van der Waals surface area contributed by atoms with Crippen molar-refractivity contribution in [2.24, 2.45) is 0 Å². The molecular formula is C37H24N4. The predicted molar refractivity (Wildman–Crippen MR) is 168 cm³/mol. The lowest BCUT2D eigenvalue weighted by Crippen LogP contribution is -2.04. The van der Waals surface area contributed by atoms with Crippen molar-refractivity contribution in [2.45, 2.75) is 0 Å².